The van der Waals surface area contributed by atoms with Crippen LogP contribution in [0.2, 0.25) is 0 Å². The molecular weight excluding hydrogens is 244 g/mol. The third kappa shape index (κ3) is 4.70. The summed E-state index contributed by atoms with van der Waals surface area (Å²) in [6.45, 7) is 4.88. The molecule has 1 amide bonds. The van der Waals surface area contributed by atoms with E-state index in [1.165, 1.54) is 4.90 Å². The summed E-state index contributed by atoms with van der Waals surface area (Å²) in [7, 11) is 1.83. The zero-order valence-corrected chi connectivity index (χ0v) is 12.4. The molecule has 0 saturated heterocycles. The van der Waals surface area contributed by atoms with E-state index in [-0.39, 0.29) is 5.91 Å². The maximum atomic E-state index is 12.0. The second kappa shape index (κ2) is 7.44. The Balaban J connectivity index is 2.51. The Morgan fingerprint density at radius 2 is 1.94 bits per heavy atom. The molecule has 0 heterocycles. The third-order valence-electron chi connectivity index (χ3n) is 2.73. The van der Waals surface area contributed by atoms with Gasteiger partial charge in [0.1, 0.15) is 0 Å². The molecule has 18 heavy (non-hydrogen) atoms. The van der Waals surface area contributed by atoms with E-state index in [1.807, 2.05) is 37.6 Å². The van der Waals surface area contributed by atoms with Crippen molar-refractivity contribution < 1.29 is 4.79 Å². The smallest absolute Gasteiger partial charge is 0.227 e. The molecule has 0 aliphatic heterocycles. The molecule has 3 nitrogen and oxygen atoms in total. The monoisotopic (exact) mass is 266 g/mol. The first kappa shape index (κ1) is 15.1. The maximum Gasteiger partial charge on any atom is 0.227 e. The molecule has 1 aromatic rings. The van der Waals surface area contributed by atoms with E-state index in [4.69, 9.17) is 0 Å². The summed E-state index contributed by atoms with van der Waals surface area (Å²) in [5, 5.41) is 3.25. The Kier molecular flexibility index (Phi) is 6.22. The first-order valence-electron chi connectivity index (χ1n) is 6.18. The highest BCUT2D eigenvalue weighted by Gasteiger charge is 2.10. The summed E-state index contributed by atoms with van der Waals surface area (Å²) < 4.78 is 0. The largest absolute Gasteiger partial charge is 0.315 e. The summed E-state index contributed by atoms with van der Waals surface area (Å²) in [6, 6.07) is 8.47. The Labute approximate surface area is 114 Å². The number of nitrogens with one attached hydrogen (secondary N) is 1. The third-order valence-corrected chi connectivity index (χ3v) is 3.47. The van der Waals surface area contributed by atoms with Gasteiger partial charge in [-0.05, 0) is 30.5 Å². The van der Waals surface area contributed by atoms with Crippen LogP contribution in [0.25, 0.3) is 0 Å². The minimum atomic E-state index is 0.139. The molecule has 0 fully saturated rings. The van der Waals surface area contributed by atoms with Crippen molar-refractivity contribution in [3.63, 3.8) is 0 Å². The van der Waals surface area contributed by atoms with Crippen LogP contribution in [0.15, 0.2) is 29.2 Å². The van der Waals surface area contributed by atoms with Crippen molar-refractivity contribution in [3.05, 3.63) is 24.3 Å². The van der Waals surface area contributed by atoms with Gasteiger partial charge >= 0.3 is 0 Å². The molecule has 1 rings (SSSR count). The quantitative estimate of drug-likeness (QED) is 0.804. The van der Waals surface area contributed by atoms with Crippen molar-refractivity contribution in [1.82, 2.24) is 5.32 Å². The number of nitrogens with zero attached hydrogens (tertiary/aromatic N) is 1. The Hall–Kier alpha value is -1.00. The molecule has 1 N–H and O–H groups in total. The minimum Gasteiger partial charge on any atom is -0.315 e. The zero-order valence-electron chi connectivity index (χ0n) is 11.6. The summed E-state index contributed by atoms with van der Waals surface area (Å²) >= 11 is 1.70. The standard InChI is InChI=1S/C14H22N2OS/c1-11(2)15-10-9-14(17)16(3)12-5-7-13(18-4)8-6-12/h5-8,11,15H,9-10H2,1-4H3. The van der Waals surface area contributed by atoms with E-state index in [9.17, 15) is 4.79 Å². The number of amides is 1. The predicted molar refractivity (Wildman–Crippen MR) is 79.4 cm³/mol. The van der Waals surface area contributed by atoms with Crippen LogP contribution in [0.4, 0.5) is 5.69 Å². The lowest BCUT2D eigenvalue weighted by molar-refractivity contribution is -0.118. The van der Waals surface area contributed by atoms with Crippen LogP contribution < -0.4 is 10.2 Å². The average Bonchev–Trinajstić information content (AvgIpc) is 2.37. The highest BCUT2D eigenvalue weighted by atomic mass is 32.2. The van der Waals surface area contributed by atoms with Gasteiger partial charge in [-0.3, -0.25) is 4.79 Å². The summed E-state index contributed by atoms with van der Waals surface area (Å²) in [5.41, 5.74) is 0.947. The Bertz CT molecular complexity index is 376. The molecule has 0 aliphatic carbocycles. The fourth-order valence-electron chi connectivity index (χ4n) is 1.59. The van der Waals surface area contributed by atoms with E-state index in [0.29, 0.717) is 12.5 Å². The lowest BCUT2D eigenvalue weighted by atomic mass is 10.2. The molecule has 0 atom stereocenters. The summed E-state index contributed by atoms with van der Waals surface area (Å²) in [5.74, 6) is 0.139. The highest BCUT2D eigenvalue weighted by Crippen LogP contribution is 2.20. The number of rotatable bonds is 6. The van der Waals surface area contributed by atoms with E-state index in [0.717, 1.165) is 12.2 Å². The van der Waals surface area contributed by atoms with Crippen LogP contribution in [0.1, 0.15) is 20.3 Å². The molecular formula is C14H22N2OS. The first-order chi connectivity index (χ1) is 8.54. The van der Waals surface area contributed by atoms with Gasteiger partial charge in [0.2, 0.25) is 5.91 Å². The van der Waals surface area contributed by atoms with Crippen molar-refractivity contribution in [2.24, 2.45) is 0 Å². The molecule has 0 radical (unpaired) electrons. The van der Waals surface area contributed by atoms with Gasteiger partial charge in [-0.1, -0.05) is 13.8 Å². The van der Waals surface area contributed by atoms with Crippen molar-refractivity contribution in [2.45, 2.75) is 31.2 Å². The lowest BCUT2D eigenvalue weighted by Crippen LogP contribution is -2.31. The maximum absolute atomic E-state index is 12.0. The highest BCUT2D eigenvalue weighted by molar-refractivity contribution is 7.98. The second-order valence-corrected chi connectivity index (χ2v) is 5.39. The molecule has 100 valence electrons. The number of hydrogen-bond acceptors (Lipinski definition) is 3. The normalized spacial score (nSPS) is 10.7. The predicted octanol–water partition coefficient (Wildman–Crippen LogP) is 2.76. The number of carbonyl (C=O) groups is 1. The van der Waals surface area contributed by atoms with Gasteiger partial charge in [-0.25, -0.2) is 0 Å². The van der Waals surface area contributed by atoms with E-state index < -0.39 is 0 Å². The second-order valence-electron chi connectivity index (χ2n) is 4.51. The summed E-state index contributed by atoms with van der Waals surface area (Å²) in [6.07, 6.45) is 2.57. The number of benzene rings is 1. The Morgan fingerprint density at radius 1 is 1.33 bits per heavy atom. The molecule has 1 aromatic carbocycles. The van der Waals surface area contributed by atoms with E-state index in [2.05, 4.69) is 19.2 Å². The van der Waals surface area contributed by atoms with Crippen molar-refractivity contribution in [2.75, 3.05) is 24.7 Å². The molecule has 0 spiro atoms. The van der Waals surface area contributed by atoms with Crippen molar-refractivity contribution in [3.8, 4) is 0 Å². The number of carbonyl (C=O) groups excluding carboxylic acids is 1. The van der Waals surface area contributed by atoms with Gasteiger partial charge in [-0.15, -0.1) is 11.8 Å². The minimum absolute atomic E-state index is 0.139. The lowest BCUT2D eigenvalue weighted by Gasteiger charge is -2.18. The fourth-order valence-corrected chi connectivity index (χ4v) is 1.99. The fraction of sp³-hybridized carbons (Fsp3) is 0.500. The van der Waals surface area contributed by atoms with E-state index >= 15 is 0 Å². The van der Waals surface area contributed by atoms with Gasteiger partial charge in [0, 0.05) is 36.6 Å². The van der Waals surface area contributed by atoms with Gasteiger partial charge in [0.05, 0.1) is 0 Å². The van der Waals surface area contributed by atoms with Crippen LogP contribution >= 0.6 is 11.8 Å². The Morgan fingerprint density at radius 3 is 2.44 bits per heavy atom. The number of anilines is 1. The van der Waals surface area contributed by atoms with E-state index in [1.54, 1.807) is 16.7 Å². The van der Waals surface area contributed by atoms with Crippen LogP contribution in [0.5, 0.6) is 0 Å². The summed E-state index contributed by atoms with van der Waals surface area (Å²) in [4.78, 5) is 14.9. The number of thioether (sulfide) groups is 1. The zero-order chi connectivity index (χ0) is 13.5. The van der Waals surface area contributed by atoms with Gasteiger partial charge < -0.3 is 10.2 Å². The molecule has 4 heteroatoms. The van der Waals surface area contributed by atoms with Crippen LogP contribution in [0.3, 0.4) is 0 Å². The topological polar surface area (TPSA) is 32.3 Å². The molecule has 0 saturated carbocycles. The van der Waals surface area contributed by atoms with Gasteiger partial charge in [0.15, 0.2) is 0 Å². The SMILES string of the molecule is CSc1ccc(N(C)C(=O)CCNC(C)C)cc1. The number of hydrogen-bond donors (Lipinski definition) is 1. The van der Waals surface area contributed by atoms with Crippen LogP contribution in [-0.2, 0) is 4.79 Å². The van der Waals surface area contributed by atoms with Crippen LogP contribution in [0, 0.1) is 0 Å². The molecule has 0 aliphatic rings. The van der Waals surface area contributed by atoms with Gasteiger partial charge in [0.25, 0.3) is 0 Å². The average molecular weight is 266 g/mol. The molecule has 0 unspecified atom stereocenters. The first-order valence-corrected chi connectivity index (χ1v) is 7.41. The van der Waals surface area contributed by atoms with Crippen molar-refractivity contribution >= 4 is 23.4 Å². The van der Waals surface area contributed by atoms with Gasteiger partial charge in [-0.2, -0.15) is 0 Å². The molecule has 0 bridgehead atoms. The van der Waals surface area contributed by atoms with Crippen molar-refractivity contribution in [1.29, 1.82) is 0 Å². The molecule has 0 aromatic heterocycles. The van der Waals surface area contributed by atoms with Crippen LogP contribution in [-0.4, -0.2) is 31.8 Å².